The van der Waals surface area contributed by atoms with E-state index in [-0.39, 0.29) is 0 Å². The van der Waals surface area contributed by atoms with Gasteiger partial charge in [0, 0.05) is 10.9 Å². The largest absolute Gasteiger partial charge is 0.461 e. The van der Waals surface area contributed by atoms with E-state index in [9.17, 15) is 13.2 Å². The Morgan fingerprint density at radius 3 is 2.20 bits per heavy atom. The fourth-order valence-corrected chi connectivity index (χ4v) is 2.35. The third-order valence-electron chi connectivity index (χ3n) is 3.27. The minimum Gasteiger partial charge on any atom is -0.461 e. The van der Waals surface area contributed by atoms with Crippen molar-refractivity contribution in [2.24, 2.45) is 0 Å². The van der Waals surface area contributed by atoms with Gasteiger partial charge in [-0.3, -0.25) is 0 Å². The van der Waals surface area contributed by atoms with Gasteiger partial charge in [0.05, 0.1) is 5.56 Å². The Kier molecular flexibility index (Phi) is 2.82. The van der Waals surface area contributed by atoms with Gasteiger partial charge in [0.25, 0.3) is 0 Å². The number of halogens is 3. The molecular weight excluding hydrogens is 265 g/mol. The Hall–Kier alpha value is -2.23. The van der Waals surface area contributed by atoms with Crippen molar-refractivity contribution in [2.45, 2.75) is 13.1 Å². The Bertz CT molecular complexity index is 751. The summed E-state index contributed by atoms with van der Waals surface area (Å²) >= 11 is 0. The minimum atomic E-state index is -4.31. The molecule has 102 valence electrons. The summed E-state index contributed by atoms with van der Waals surface area (Å²) in [5.41, 5.74) is 1.65. The van der Waals surface area contributed by atoms with Crippen molar-refractivity contribution >= 4 is 11.0 Å². The van der Waals surface area contributed by atoms with E-state index in [1.165, 1.54) is 12.1 Å². The third-order valence-corrected chi connectivity index (χ3v) is 3.27. The third kappa shape index (κ3) is 2.07. The number of fused-ring (bicyclic) bond motifs is 1. The van der Waals surface area contributed by atoms with Crippen LogP contribution in [-0.4, -0.2) is 0 Å². The fourth-order valence-electron chi connectivity index (χ4n) is 2.35. The summed E-state index contributed by atoms with van der Waals surface area (Å²) in [7, 11) is 0. The van der Waals surface area contributed by atoms with Crippen LogP contribution in [0, 0.1) is 6.92 Å². The number of para-hydroxylation sites is 1. The maximum Gasteiger partial charge on any atom is 0.416 e. The summed E-state index contributed by atoms with van der Waals surface area (Å²) in [4.78, 5) is 0. The van der Waals surface area contributed by atoms with E-state index in [2.05, 4.69) is 0 Å². The van der Waals surface area contributed by atoms with Gasteiger partial charge in [-0.15, -0.1) is 0 Å². The lowest BCUT2D eigenvalue weighted by atomic mass is 10.0. The SMILES string of the molecule is Cc1oc2ccccc2c1-c1ccc(C(F)(F)F)cc1. The molecule has 0 aliphatic heterocycles. The normalized spacial score (nSPS) is 12.0. The molecule has 3 rings (SSSR count). The van der Waals surface area contributed by atoms with Crippen molar-refractivity contribution in [2.75, 3.05) is 0 Å². The molecule has 0 aliphatic rings. The van der Waals surface area contributed by atoms with Crippen LogP contribution in [0.4, 0.5) is 13.2 Å². The molecule has 0 atom stereocenters. The summed E-state index contributed by atoms with van der Waals surface area (Å²) in [6, 6.07) is 12.6. The van der Waals surface area contributed by atoms with E-state index in [0.717, 1.165) is 34.2 Å². The second-order valence-corrected chi connectivity index (χ2v) is 4.60. The molecule has 0 spiro atoms. The lowest BCUT2D eigenvalue weighted by Crippen LogP contribution is -2.03. The number of rotatable bonds is 1. The van der Waals surface area contributed by atoms with Gasteiger partial charge < -0.3 is 4.42 Å². The molecule has 0 bridgehead atoms. The first-order chi connectivity index (χ1) is 9.47. The van der Waals surface area contributed by atoms with Crippen LogP contribution in [-0.2, 0) is 6.18 Å². The molecular formula is C16H11F3O. The van der Waals surface area contributed by atoms with E-state index in [1.807, 2.05) is 31.2 Å². The van der Waals surface area contributed by atoms with Crippen LogP contribution in [0.25, 0.3) is 22.1 Å². The van der Waals surface area contributed by atoms with E-state index >= 15 is 0 Å². The Balaban J connectivity index is 2.14. The van der Waals surface area contributed by atoms with Crippen LogP contribution in [0.1, 0.15) is 11.3 Å². The smallest absolute Gasteiger partial charge is 0.416 e. The summed E-state index contributed by atoms with van der Waals surface area (Å²) in [6.07, 6.45) is -4.31. The predicted molar refractivity (Wildman–Crippen MR) is 71.4 cm³/mol. The van der Waals surface area contributed by atoms with E-state index < -0.39 is 11.7 Å². The predicted octanol–water partition coefficient (Wildman–Crippen LogP) is 5.43. The van der Waals surface area contributed by atoms with Gasteiger partial charge in [-0.2, -0.15) is 13.2 Å². The van der Waals surface area contributed by atoms with E-state index in [0.29, 0.717) is 5.76 Å². The number of hydrogen-bond donors (Lipinski definition) is 0. The summed E-state index contributed by atoms with van der Waals surface area (Å²) < 4.78 is 43.4. The quantitative estimate of drug-likeness (QED) is 0.577. The maximum atomic E-state index is 12.6. The average molecular weight is 276 g/mol. The molecule has 0 fully saturated rings. The molecule has 0 aliphatic carbocycles. The molecule has 20 heavy (non-hydrogen) atoms. The van der Waals surface area contributed by atoms with Crippen molar-refractivity contribution in [1.82, 2.24) is 0 Å². The molecule has 0 saturated heterocycles. The van der Waals surface area contributed by atoms with Crippen LogP contribution in [0.15, 0.2) is 52.9 Å². The van der Waals surface area contributed by atoms with Crippen molar-refractivity contribution in [1.29, 1.82) is 0 Å². The zero-order chi connectivity index (χ0) is 14.3. The van der Waals surface area contributed by atoms with Crippen molar-refractivity contribution in [3.8, 4) is 11.1 Å². The first-order valence-corrected chi connectivity index (χ1v) is 6.12. The second-order valence-electron chi connectivity index (χ2n) is 4.60. The van der Waals surface area contributed by atoms with Crippen molar-refractivity contribution in [3.05, 3.63) is 59.9 Å². The van der Waals surface area contributed by atoms with E-state index in [1.54, 1.807) is 0 Å². The Labute approximate surface area is 113 Å². The topological polar surface area (TPSA) is 13.1 Å². The molecule has 0 N–H and O–H groups in total. The standard InChI is InChI=1S/C16H11F3O/c1-10-15(13-4-2-3-5-14(13)20-10)11-6-8-12(9-7-11)16(17,18)19/h2-9H,1H3. The fraction of sp³-hybridized carbons (Fsp3) is 0.125. The van der Waals surface area contributed by atoms with Crippen LogP contribution in [0.3, 0.4) is 0 Å². The highest BCUT2D eigenvalue weighted by atomic mass is 19.4. The monoisotopic (exact) mass is 276 g/mol. The lowest BCUT2D eigenvalue weighted by Gasteiger charge is -2.07. The molecule has 4 heteroatoms. The maximum absolute atomic E-state index is 12.6. The first kappa shape index (κ1) is 12.8. The van der Waals surface area contributed by atoms with Gasteiger partial charge in [-0.05, 0) is 30.7 Å². The number of aryl methyl sites for hydroxylation is 1. The number of hydrogen-bond acceptors (Lipinski definition) is 1. The molecule has 0 amide bonds. The average Bonchev–Trinajstić information content (AvgIpc) is 2.73. The minimum absolute atomic E-state index is 0.647. The lowest BCUT2D eigenvalue weighted by molar-refractivity contribution is -0.137. The van der Waals surface area contributed by atoms with Crippen molar-refractivity contribution in [3.63, 3.8) is 0 Å². The van der Waals surface area contributed by atoms with Gasteiger partial charge in [-0.25, -0.2) is 0 Å². The summed E-state index contributed by atoms with van der Waals surface area (Å²) in [5.74, 6) is 0.700. The zero-order valence-electron chi connectivity index (χ0n) is 10.7. The highest BCUT2D eigenvalue weighted by Gasteiger charge is 2.30. The summed E-state index contributed by atoms with van der Waals surface area (Å²) in [6.45, 7) is 1.81. The molecule has 1 aromatic heterocycles. The number of alkyl halides is 3. The number of benzene rings is 2. The molecule has 1 heterocycles. The van der Waals surface area contributed by atoms with Crippen molar-refractivity contribution < 1.29 is 17.6 Å². The Morgan fingerprint density at radius 2 is 1.55 bits per heavy atom. The van der Waals surface area contributed by atoms with Gasteiger partial charge in [-0.1, -0.05) is 30.3 Å². The van der Waals surface area contributed by atoms with E-state index in [4.69, 9.17) is 4.42 Å². The molecule has 0 saturated carbocycles. The van der Waals surface area contributed by atoms with Crippen LogP contribution in [0.5, 0.6) is 0 Å². The zero-order valence-corrected chi connectivity index (χ0v) is 10.7. The van der Waals surface area contributed by atoms with Gasteiger partial charge in [0.2, 0.25) is 0 Å². The highest BCUT2D eigenvalue weighted by Crippen LogP contribution is 2.36. The van der Waals surface area contributed by atoms with Gasteiger partial charge >= 0.3 is 6.18 Å². The molecule has 0 unspecified atom stereocenters. The first-order valence-electron chi connectivity index (χ1n) is 6.12. The second kappa shape index (κ2) is 4.40. The van der Waals surface area contributed by atoms with Crippen LogP contribution < -0.4 is 0 Å². The summed E-state index contributed by atoms with van der Waals surface area (Å²) in [5, 5.41) is 0.907. The van der Waals surface area contributed by atoms with Crippen LogP contribution >= 0.6 is 0 Å². The molecule has 3 aromatic rings. The molecule has 0 radical (unpaired) electrons. The molecule has 1 nitrogen and oxygen atoms in total. The Morgan fingerprint density at radius 1 is 0.900 bits per heavy atom. The number of furan rings is 1. The van der Waals surface area contributed by atoms with Gasteiger partial charge in [0.1, 0.15) is 11.3 Å². The molecule has 2 aromatic carbocycles. The van der Waals surface area contributed by atoms with Crippen LogP contribution in [0.2, 0.25) is 0 Å². The van der Waals surface area contributed by atoms with Gasteiger partial charge in [0.15, 0.2) is 0 Å². The highest BCUT2D eigenvalue weighted by molar-refractivity contribution is 5.95.